The van der Waals surface area contributed by atoms with E-state index >= 15 is 0 Å². The van der Waals surface area contributed by atoms with Crippen molar-refractivity contribution in [3.63, 3.8) is 0 Å². The van der Waals surface area contributed by atoms with E-state index in [1.807, 2.05) is 0 Å². The van der Waals surface area contributed by atoms with Crippen molar-refractivity contribution in [1.29, 1.82) is 0 Å². The van der Waals surface area contributed by atoms with E-state index in [0.717, 1.165) is 6.42 Å². The zero-order chi connectivity index (χ0) is 15.4. The normalized spacial score (nSPS) is 20.1. The number of rotatable bonds is 4. The lowest BCUT2D eigenvalue weighted by Gasteiger charge is -2.13. The minimum Gasteiger partial charge on any atom is -0.465 e. The summed E-state index contributed by atoms with van der Waals surface area (Å²) in [6.07, 6.45) is 0.849. The molecule has 2 atom stereocenters. The average molecular weight is 349 g/mol. The molecule has 1 saturated heterocycles. The molecule has 1 aliphatic heterocycles. The summed E-state index contributed by atoms with van der Waals surface area (Å²) >= 11 is 5.99. The summed E-state index contributed by atoms with van der Waals surface area (Å²) in [5, 5.41) is 2.93. The third-order valence-electron chi connectivity index (χ3n) is 3.30. The van der Waals surface area contributed by atoms with Crippen LogP contribution in [0.25, 0.3) is 0 Å². The van der Waals surface area contributed by atoms with Crippen LogP contribution in [0.15, 0.2) is 18.2 Å². The number of esters is 1. The Kier molecular flexibility index (Phi) is 7.09. The topological polar surface area (TPSA) is 90.7 Å². The minimum atomic E-state index is -0.525. The Bertz CT molecular complexity index is 554. The standard InChI is InChI=1S/C14H17ClN2O4.ClH/c1-20-14(19)10-4-2-8(6-11(10)15)17-13(18)12-5-3-9(7-16)21-12;/h2,4,6,9,12H,3,5,7,16H2,1H3,(H,17,18);1H/t9-,12+;/m1./s1. The van der Waals surface area contributed by atoms with Gasteiger partial charge in [-0.25, -0.2) is 4.79 Å². The highest BCUT2D eigenvalue weighted by atomic mass is 35.5. The summed E-state index contributed by atoms with van der Waals surface area (Å²) < 4.78 is 10.1. The van der Waals surface area contributed by atoms with Gasteiger partial charge in [-0.1, -0.05) is 11.6 Å². The number of carbonyl (C=O) groups is 2. The molecule has 1 heterocycles. The Morgan fingerprint density at radius 2 is 2.18 bits per heavy atom. The van der Waals surface area contributed by atoms with E-state index in [1.165, 1.54) is 19.2 Å². The molecule has 2 rings (SSSR count). The van der Waals surface area contributed by atoms with Crippen LogP contribution in [0.3, 0.4) is 0 Å². The van der Waals surface area contributed by atoms with Gasteiger partial charge in [0.15, 0.2) is 0 Å². The summed E-state index contributed by atoms with van der Waals surface area (Å²) in [6, 6.07) is 4.59. The summed E-state index contributed by atoms with van der Waals surface area (Å²) in [7, 11) is 1.28. The lowest BCUT2D eigenvalue weighted by Crippen LogP contribution is -2.29. The second kappa shape index (κ2) is 8.33. The smallest absolute Gasteiger partial charge is 0.339 e. The second-order valence-corrected chi connectivity index (χ2v) is 5.14. The van der Waals surface area contributed by atoms with Crippen LogP contribution in [0.2, 0.25) is 5.02 Å². The highest BCUT2D eigenvalue weighted by Gasteiger charge is 2.29. The van der Waals surface area contributed by atoms with Crippen LogP contribution < -0.4 is 11.1 Å². The zero-order valence-corrected chi connectivity index (χ0v) is 13.6. The van der Waals surface area contributed by atoms with Gasteiger partial charge in [0, 0.05) is 12.2 Å². The fourth-order valence-electron chi connectivity index (χ4n) is 2.16. The van der Waals surface area contributed by atoms with E-state index in [4.69, 9.17) is 22.1 Å². The van der Waals surface area contributed by atoms with Crippen molar-refractivity contribution in [2.24, 2.45) is 5.73 Å². The largest absolute Gasteiger partial charge is 0.465 e. The van der Waals surface area contributed by atoms with E-state index in [1.54, 1.807) is 6.07 Å². The molecule has 0 radical (unpaired) electrons. The number of carbonyl (C=O) groups excluding carboxylic acids is 2. The van der Waals surface area contributed by atoms with Crippen molar-refractivity contribution in [2.45, 2.75) is 25.0 Å². The Morgan fingerprint density at radius 1 is 1.45 bits per heavy atom. The molecule has 0 aromatic heterocycles. The minimum absolute atomic E-state index is 0. The maximum Gasteiger partial charge on any atom is 0.339 e. The molecular weight excluding hydrogens is 331 g/mol. The Hall–Kier alpha value is -1.34. The van der Waals surface area contributed by atoms with Crippen molar-refractivity contribution >= 4 is 41.6 Å². The lowest BCUT2D eigenvalue weighted by atomic mass is 10.1. The van der Waals surface area contributed by atoms with Gasteiger partial charge in [-0.15, -0.1) is 12.4 Å². The molecule has 6 nitrogen and oxygen atoms in total. The molecule has 0 spiro atoms. The second-order valence-electron chi connectivity index (χ2n) is 4.74. The van der Waals surface area contributed by atoms with Gasteiger partial charge in [-0.2, -0.15) is 0 Å². The summed E-state index contributed by atoms with van der Waals surface area (Å²) in [6.45, 7) is 0.406. The van der Waals surface area contributed by atoms with Crippen LogP contribution in [0.4, 0.5) is 5.69 Å². The first-order valence-electron chi connectivity index (χ1n) is 6.59. The van der Waals surface area contributed by atoms with Crippen molar-refractivity contribution in [2.75, 3.05) is 19.0 Å². The number of hydrogen-bond acceptors (Lipinski definition) is 5. The average Bonchev–Trinajstić information content (AvgIpc) is 2.95. The first-order chi connectivity index (χ1) is 10.0. The fraction of sp³-hybridized carbons (Fsp3) is 0.429. The van der Waals surface area contributed by atoms with Crippen LogP contribution in [0, 0.1) is 0 Å². The van der Waals surface area contributed by atoms with Gasteiger partial charge in [0.2, 0.25) is 0 Å². The summed E-state index contributed by atoms with van der Waals surface area (Å²) in [5.74, 6) is -0.768. The molecular formula is C14H18Cl2N2O4. The molecule has 122 valence electrons. The van der Waals surface area contributed by atoms with Gasteiger partial charge in [0.25, 0.3) is 5.91 Å². The number of amides is 1. The van der Waals surface area contributed by atoms with Gasteiger partial charge in [0.05, 0.1) is 23.8 Å². The molecule has 0 unspecified atom stereocenters. The monoisotopic (exact) mass is 348 g/mol. The Morgan fingerprint density at radius 3 is 2.73 bits per heavy atom. The number of benzene rings is 1. The van der Waals surface area contributed by atoms with Gasteiger partial charge in [-0.05, 0) is 31.0 Å². The predicted molar refractivity (Wildman–Crippen MR) is 85.6 cm³/mol. The van der Waals surface area contributed by atoms with E-state index in [2.05, 4.69) is 10.1 Å². The van der Waals surface area contributed by atoms with E-state index in [0.29, 0.717) is 18.7 Å². The van der Waals surface area contributed by atoms with Crippen molar-refractivity contribution in [1.82, 2.24) is 0 Å². The van der Waals surface area contributed by atoms with Gasteiger partial charge < -0.3 is 20.5 Å². The molecule has 8 heteroatoms. The number of methoxy groups -OCH3 is 1. The molecule has 0 aliphatic carbocycles. The van der Waals surface area contributed by atoms with Crippen molar-refractivity contribution in [3.05, 3.63) is 28.8 Å². The van der Waals surface area contributed by atoms with Crippen LogP contribution in [0.5, 0.6) is 0 Å². The van der Waals surface area contributed by atoms with E-state index in [-0.39, 0.29) is 35.0 Å². The molecule has 1 amide bonds. The number of hydrogen-bond donors (Lipinski definition) is 2. The molecule has 22 heavy (non-hydrogen) atoms. The SMILES string of the molecule is COC(=O)c1ccc(NC(=O)[C@@H]2CC[C@H](CN)O2)cc1Cl.Cl. The number of halogens is 2. The van der Waals surface area contributed by atoms with Crippen LogP contribution in [-0.4, -0.2) is 37.7 Å². The van der Waals surface area contributed by atoms with Crippen LogP contribution in [-0.2, 0) is 14.3 Å². The highest BCUT2D eigenvalue weighted by molar-refractivity contribution is 6.34. The molecule has 1 aromatic rings. The molecule has 3 N–H and O–H groups in total. The number of nitrogens with two attached hydrogens (primary N) is 1. The quantitative estimate of drug-likeness (QED) is 0.812. The van der Waals surface area contributed by atoms with Gasteiger partial charge >= 0.3 is 5.97 Å². The summed E-state index contributed by atoms with van der Waals surface area (Å²) in [4.78, 5) is 23.5. The highest BCUT2D eigenvalue weighted by Crippen LogP contribution is 2.24. The fourth-order valence-corrected chi connectivity index (χ4v) is 2.42. The van der Waals surface area contributed by atoms with Gasteiger partial charge in [-0.3, -0.25) is 4.79 Å². The maximum absolute atomic E-state index is 12.1. The first-order valence-corrected chi connectivity index (χ1v) is 6.97. The molecule has 0 saturated carbocycles. The Balaban J connectivity index is 0.00000242. The van der Waals surface area contributed by atoms with Crippen molar-refractivity contribution in [3.8, 4) is 0 Å². The van der Waals surface area contributed by atoms with Gasteiger partial charge in [0.1, 0.15) is 6.10 Å². The number of nitrogens with one attached hydrogen (secondary N) is 1. The number of anilines is 1. The van der Waals surface area contributed by atoms with E-state index in [9.17, 15) is 9.59 Å². The van der Waals surface area contributed by atoms with E-state index < -0.39 is 12.1 Å². The Labute approximate surface area is 139 Å². The zero-order valence-electron chi connectivity index (χ0n) is 12.0. The predicted octanol–water partition coefficient (Wildman–Crippen LogP) is 1.99. The van der Waals surface area contributed by atoms with Crippen LogP contribution >= 0.6 is 24.0 Å². The molecule has 1 aromatic carbocycles. The molecule has 1 fully saturated rings. The third-order valence-corrected chi connectivity index (χ3v) is 3.62. The van der Waals surface area contributed by atoms with Crippen molar-refractivity contribution < 1.29 is 19.1 Å². The molecule has 1 aliphatic rings. The lowest BCUT2D eigenvalue weighted by molar-refractivity contribution is -0.126. The first kappa shape index (κ1) is 18.7. The number of ether oxygens (including phenoxy) is 2. The third kappa shape index (κ3) is 4.33. The van der Waals surface area contributed by atoms with Crippen LogP contribution in [0.1, 0.15) is 23.2 Å². The summed E-state index contributed by atoms with van der Waals surface area (Å²) in [5.41, 5.74) is 6.25. The maximum atomic E-state index is 12.1. The molecule has 0 bridgehead atoms.